The second-order valence-corrected chi connectivity index (χ2v) is 8.83. The molecule has 32 heavy (non-hydrogen) atoms. The number of pyridine rings is 1. The van der Waals surface area contributed by atoms with E-state index in [0.29, 0.717) is 34.6 Å². The van der Waals surface area contributed by atoms with Crippen LogP contribution in [0.15, 0.2) is 18.2 Å². The lowest BCUT2D eigenvalue weighted by Gasteiger charge is -2.30. The van der Waals surface area contributed by atoms with Gasteiger partial charge in [0, 0.05) is 12.5 Å². The second-order valence-electron chi connectivity index (χ2n) is 8.83. The topological polar surface area (TPSA) is 94.8 Å². The smallest absolute Gasteiger partial charge is 0.342 e. The van der Waals surface area contributed by atoms with Crippen LogP contribution in [-0.2, 0) is 9.53 Å². The number of nitrogens with two attached hydrogens (primary N) is 1. The van der Waals surface area contributed by atoms with Crippen LogP contribution in [0.3, 0.4) is 0 Å². The van der Waals surface area contributed by atoms with Crippen molar-refractivity contribution in [3.8, 4) is 5.75 Å². The number of aryl methyl sites for hydroxylation is 1. The van der Waals surface area contributed by atoms with E-state index in [1.54, 1.807) is 13.8 Å². The standard InChI is InChI=1S/C25H33N3O4/c1-3-31-25(30)21-16(2)27-19-12-7-13-20(22(19)23(21)26)32-15-18-11-8-14-28(18)24(29)17-9-5-4-6-10-17/h7,12-13,17-18H,3-6,8-11,14-15H2,1-2H3,(H2,26,27)/t18-/m0/s1. The maximum absolute atomic E-state index is 13.1. The van der Waals surface area contributed by atoms with E-state index in [4.69, 9.17) is 15.2 Å². The molecule has 2 N–H and O–H groups in total. The van der Waals surface area contributed by atoms with Crippen LogP contribution in [0, 0.1) is 12.8 Å². The molecule has 2 aliphatic rings. The third kappa shape index (κ3) is 4.38. The van der Waals surface area contributed by atoms with Crippen molar-refractivity contribution in [3.05, 3.63) is 29.5 Å². The maximum atomic E-state index is 13.1. The summed E-state index contributed by atoms with van der Waals surface area (Å²) in [5.74, 6) is 0.550. The Morgan fingerprint density at radius 3 is 2.69 bits per heavy atom. The van der Waals surface area contributed by atoms with Crippen LogP contribution < -0.4 is 10.5 Å². The summed E-state index contributed by atoms with van der Waals surface area (Å²) in [5, 5.41) is 0.615. The minimum Gasteiger partial charge on any atom is -0.491 e. The number of benzene rings is 1. The number of nitrogen functional groups attached to an aromatic ring is 1. The van der Waals surface area contributed by atoms with Crippen LogP contribution in [0.4, 0.5) is 5.69 Å². The maximum Gasteiger partial charge on any atom is 0.342 e. The fraction of sp³-hybridized carbons (Fsp3) is 0.560. The zero-order valence-electron chi connectivity index (χ0n) is 19.1. The lowest BCUT2D eigenvalue weighted by Crippen LogP contribution is -2.42. The van der Waals surface area contributed by atoms with Crippen molar-refractivity contribution in [2.75, 3.05) is 25.5 Å². The number of likely N-dealkylation sites (tertiary alicyclic amines) is 1. The molecule has 172 valence electrons. The molecule has 2 fully saturated rings. The molecule has 0 bridgehead atoms. The van der Waals surface area contributed by atoms with E-state index in [1.165, 1.54) is 6.42 Å². The number of aromatic nitrogens is 1. The van der Waals surface area contributed by atoms with Crippen LogP contribution >= 0.6 is 0 Å². The van der Waals surface area contributed by atoms with Gasteiger partial charge < -0.3 is 20.1 Å². The molecule has 0 spiro atoms. The predicted octanol–water partition coefficient (Wildman–Crippen LogP) is 4.25. The molecule has 1 aliphatic carbocycles. The summed E-state index contributed by atoms with van der Waals surface area (Å²) >= 11 is 0. The lowest BCUT2D eigenvalue weighted by molar-refractivity contribution is -0.137. The van der Waals surface area contributed by atoms with Gasteiger partial charge in [0.15, 0.2) is 0 Å². The summed E-state index contributed by atoms with van der Waals surface area (Å²) in [4.78, 5) is 32.1. The molecule has 0 unspecified atom stereocenters. The van der Waals surface area contributed by atoms with E-state index in [2.05, 4.69) is 4.98 Å². The van der Waals surface area contributed by atoms with E-state index >= 15 is 0 Å². The van der Waals surface area contributed by atoms with E-state index in [-0.39, 0.29) is 30.0 Å². The Morgan fingerprint density at radius 2 is 1.94 bits per heavy atom. The number of hydrogen-bond acceptors (Lipinski definition) is 6. The first-order valence-corrected chi connectivity index (χ1v) is 11.8. The highest BCUT2D eigenvalue weighted by atomic mass is 16.5. The first-order valence-electron chi connectivity index (χ1n) is 11.8. The number of anilines is 1. The molecule has 2 aromatic rings. The highest BCUT2D eigenvalue weighted by Gasteiger charge is 2.34. The highest BCUT2D eigenvalue weighted by Crippen LogP contribution is 2.35. The zero-order valence-corrected chi connectivity index (χ0v) is 19.1. The van der Waals surface area contributed by atoms with Gasteiger partial charge in [0.1, 0.15) is 17.9 Å². The van der Waals surface area contributed by atoms with Gasteiger partial charge in [0.25, 0.3) is 0 Å². The minimum atomic E-state index is -0.480. The van der Waals surface area contributed by atoms with Crippen LogP contribution in [-0.4, -0.2) is 47.6 Å². The molecule has 7 heteroatoms. The third-order valence-electron chi connectivity index (χ3n) is 6.72. The summed E-state index contributed by atoms with van der Waals surface area (Å²) in [6.07, 6.45) is 7.48. The van der Waals surface area contributed by atoms with Crippen molar-refractivity contribution in [3.63, 3.8) is 0 Å². The van der Waals surface area contributed by atoms with Gasteiger partial charge in [0.05, 0.1) is 34.9 Å². The number of ether oxygens (including phenoxy) is 2. The molecular weight excluding hydrogens is 406 g/mol. The Kier molecular flexibility index (Phi) is 6.82. The fourth-order valence-corrected chi connectivity index (χ4v) is 5.09. The number of carbonyl (C=O) groups is 2. The molecular formula is C25H33N3O4. The van der Waals surface area contributed by atoms with Gasteiger partial charge in [0.2, 0.25) is 5.91 Å². The molecule has 1 saturated carbocycles. The van der Waals surface area contributed by atoms with Crippen molar-refractivity contribution >= 4 is 28.5 Å². The van der Waals surface area contributed by atoms with Crippen molar-refractivity contribution in [1.82, 2.24) is 9.88 Å². The average molecular weight is 440 g/mol. The van der Waals surface area contributed by atoms with Gasteiger partial charge in [-0.2, -0.15) is 0 Å². The van der Waals surface area contributed by atoms with Gasteiger partial charge in [-0.15, -0.1) is 0 Å². The highest BCUT2D eigenvalue weighted by molar-refractivity contribution is 6.07. The number of rotatable bonds is 6. The van der Waals surface area contributed by atoms with Crippen LogP contribution in [0.2, 0.25) is 0 Å². The predicted molar refractivity (Wildman–Crippen MR) is 124 cm³/mol. The number of hydrogen-bond donors (Lipinski definition) is 1. The second kappa shape index (κ2) is 9.76. The first kappa shape index (κ1) is 22.4. The van der Waals surface area contributed by atoms with E-state index in [1.807, 2.05) is 23.1 Å². The molecule has 1 aromatic carbocycles. The molecule has 4 rings (SSSR count). The zero-order chi connectivity index (χ0) is 22.7. The van der Waals surface area contributed by atoms with Crippen LogP contribution in [0.25, 0.3) is 10.9 Å². The normalized spacial score (nSPS) is 19.3. The molecule has 7 nitrogen and oxygen atoms in total. The fourth-order valence-electron chi connectivity index (χ4n) is 5.09. The Bertz CT molecular complexity index is 1000. The number of esters is 1. The van der Waals surface area contributed by atoms with Gasteiger partial charge in [-0.3, -0.25) is 9.78 Å². The number of amides is 1. The van der Waals surface area contributed by atoms with Gasteiger partial charge in [-0.1, -0.05) is 25.3 Å². The van der Waals surface area contributed by atoms with E-state index < -0.39 is 5.97 Å². The van der Waals surface area contributed by atoms with Gasteiger partial charge in [-0.25, -0.2) is 4.79 Å². The van der Waals surface area contributed by atoms with Crippen molar-refractivity contribution in [2.45, 2.75) is 64.8 Å². The summed E-state index contributed by atoms with van der Waals surface area (Å²) in [7, 11) is 0. The van der Waals surface area contributed by atoms with E-state index in [0.717, 1.165) is 45.1 Å². The van der Waals surface area contributed by atoms with Crippen molar-refractivity contribution in [1.29, 1.82) is 0 Å². The van der Waals surface area contributed by atoms with Crippen molar-refractivity contribution in [2.24, 2.45) is 5.92 Å². The number of nitrogens with zero attached hydrogens (tertiary/aromatic N) is 2. The molecule has 0 radical (unpaired) electrons. The van der Waals surface area contributed by atoms with Gasteiger partial charge >= 0.3 is 5.97 Å². The summed E-state index contributed by atoms with van der Waals surface area (Å²) < 4.78 is 11.4. The molecule has 1 amide bonds. The Hall–Kier alpha value is -2.83. The monoisotopic (exact) mass is 439 g/mol. The molecule has 1 aromatic heterocycles. The molecule has 2 heterocycles. The third-order valence-corrected chi connectivity index (χ3v) is 6.72. The quantitative estimate of drug-likeness (QED) is 0.676. The molecule has 1 atom stereocenters. The Labute approximate surface area is 189 Å². The largest absolute Gasteiger partial charge is 0.491 e. The Balaban J connectivity index is 1.55. The summed E-state index contributed by atoms with van der Waals surface area (Å²) in [6.45, 7) is 4.98. The van der Waals surface area contributed by atoms with Crippen molar-refractivity contribution < 1.29 is 19.1 Å². The molecule has 1 aliphatic heterocycles. The van der Waals surface area contributed by atoms with Crippen LogP contribution in [0.1, 0.15) is 67.9 Å². The summed E-state index contributed by atoms with van der Waals surface area (Å²) in [5.41, 5.74) is 8.23. The minimum absolute atomic E-state index is 0.0591. The lowest BCUT2D eigenvalue weighted by atomic mass is 9.88. The summed E-state index contributed by atoms with van der Waals surface area (Å²) in [6, 6.07) is 5.62. The van der Waals surface area contributed by atoms with Gasteiger partial charge in [-0.05, 0) is 51.7 Å². The van der Waals surface area contributed by atoms with E-state index in [9.17, 15) is 9.59 Å². The van der Waals surface area contributed by atoms with Crippen LogP contribution in [0.5, 0.6) is 5.75 Å². The number of carbonyl (C=O) groups excluding carboxylic acids is 2. The Morgan fingerprint density at radius 1 is 1.16 bits per heavy atom. The molecule has 1 saturated heterocycles. The first-order chi connectivity index (χ1) is 15.5. The number of fused-ring (bicyclic) bond motifs is 1. The average Bonchev–Trinajstić information content (AvgIpc) is 3.26. The SMILES string of the molecule is CCOC(=O)c1c(C)nc2cccc(OC[C@@H]3CCCN3C(=O)C3CCCCC3)c2c1N.